The number of rotatable bonds is 4. The number of hydrogen-bond acceptors (Lipinski definition) is 4. The molecule has 0 aliphatic heterocycles. The third-order valence-corrected chi connectivity index (χ3v) is 5.69. The maximum absolute atomic E-state index is 12.4. The monoisotopic (exact) mass is 301 g/mol. The Morgan fingerprint density at radius 1 is 1.55 bits per heavy atom. The van der Waals surface area contributed by atoms with E-state index in [1.807, 2.05) is 0 Å². The summed E-state index contributed by atoms with van der Waals surface area (Å²) < 4.78 is 27.2. The summed E-state index contributed by atoms with van der Waals surface area (Å²) in [5, 5.41) is 15.8. The van der Waals surface area contributed by atoms with Crippen molar-refractivity contribution in [1.29, 1.82) is 0 Å². The second-order valence-electron chi connectivity index (χ2n) is 5.39. The van der Waals surface area contributed by atoms with Crippen molar-refractivity contribution in [1.82, 2.24) is 14.9 Å². The van der Waals surface area contributed by atoms with Gasteiger partial charge in [-0.05, 0) is 25.7 Å². The molecule has 0 radical (unpaired) electrons. The summed E-state index contributed by atoms with van der Waals surface area (Å²) >= 11 is 0. The first-order valence-corrected chi connectivity index (χ1v) is 8.05. The molecule has 112 valence electrons. The highest BCUT2D eigenvalue weighted by molar-refractivity contribution is 7.89. The van der Waals surface area contributed by atoms with E-state index in [1.165, 1.54) is 6.20 Å². The van der Waals surface area contributed by atoms with Crippen LogP contribution >= 0.6 is 0 Å². The van der Waals surface area contributed by atoms with Gasteiger partial charge < -0.3 is 5.11 Å². The molecular weight excluding hydrogens is 282 g/mol. The molecule has 1 aliphatic carbocycles. The fourth-order valence-corrected chi connectivity index (χ4v) is 4.39. The lowest BCUT2D eigenvalue weighted by Crippen LogP contribution is -2.59. The quantitative estimate of drug-likeness (QED) is 0.769. The highest BCUT2D eigenvalue weighted by Crippen LogP contribution is 2.35. The van der Waals surface area contributed by atoms with E-state index in [2.05, 4.69) is 14.9 Å². The van der Waals surface area contributed by atoms with E-state index in [0.717, 1.165) is 6.42 Å². The molecule has 20 heavy (non-hydrogen) atoms. The van der Waals surface area contributed by atoms with Gasteiger partial charge in [-0.25, -0.2) is 8.42 Å². The number of H-pyrrole nitrogens is 1. The third-order valence-electron chi connectivity index (χ3n) is 4.07. The summed E-state index contributed by atoms with van der Waals surface area (Å²) in [6.07, 6.45) is 3.81. The smallest absolute Gasteiger partial charge is 0.325 e. The van der Waals surface area contributed by atoms with Gasteiger partial charge in [0.2, 0.25) is 10.0 Å². The van der Waals surface area contributed by atoms with Gasteiger partial charge in [-0.15, -0.1) is 0 Å². The molecule has 0 spiro atoms. The predicted molar refractivity (Wildman–Crippen MR) is 71.6 cm³/mol. The molecule has 2 unspecified atom stereocenters. The van der Waals surface area contributed by atoms with E-state index in [4.69, 9.17) is 0 Å². The number of sulfonamides is 1. The van der Waals surface area contributed by atoms with Crippen LogP contribution in [0.3, 0.4) is 0 Å². The Balaban J connectivity index is 2.39. The molecule has 0 aromatic carbocycles. The number of aromatic amines is 1. The van der Waals surface area contributed by atoms with Crippen LogP contribution < -0.4 is 4.72 Å². The number of nitrogens with one attached hydrogen (secondary N) is 2. The molecule has 1 aromatic rings. The van der Waals surface area contributed by atoms with E-state index < -0.39 is 21.5 Å². The number of carbonyl (C=O) groups is 1. The molecule has 1 saturated carbocycles. The van der Waals surface area contributed by atoms with Gasteiger partial charge in [-0.1, -0.05) is 19.8 Å². The fraction of sp³-hybridized carbons (Fsp3) is 0.667. The van der Waals surface area contributed by atoms with Gasteiger partial charge >= 0.3 is 5.97 Å². The summed E-state index contributed by atoms with van der Waals surface area (Å²) in [6.45, 7) is 3.36. The Bertz CT molecular complexity index is 610. The number of aliphatic carboxylic acids is 1. The molecule has 1 fully saturated rings. The summed E-state index contributed by atoms with van der Waals surface area (Å²) in [5.74, 6) is -1.37. The zero-order valence-corrected chi connectivity index (χ0v) is 12.3. The van der Waals surface area contributed by atoms with Crippen molar-refractivity contribution in [2.24, 2.45) is 5.92 Å². The molecule has 0 saturated heterocycles. The lowest BCUT2D eigenvalue weighted by molar-refractivity contribution is -0.147. The molecule has 0 bridgehead atoms. The van der Waals surface area contributed by atoms with Crippen molar-refractivity contribution in [3.63, 3.8) is 0 Å². The normalized spacial score (nSPS) is 27.4. The molecule has 1 heterocycles. The average molecular weight is 301 g/mol. The topological polar surface area (TPSA) is 112 Å². The maximum atomic E-state index is 12.4. The van der Waals surface area contributed by atoms with Crippen molar-refractivity contribution < 1.29 is 18.3 Å². The van der Waals surface area contributed by atoms with Crippen molar-refractivity contribution in [3.05, 3.63) is 11.9 Å². The van der Waals surface area contributed by atoms with E-state index >= 15 is 0 Å². The lowest BCUT2D eigenvalue weighted by Gasteiger charge is -2.39. The van der Waals surface area contributed by atoms with Crippen LogP contribution in [0.1, 0.15) is 38.3 Å². The lowest BCUT2D eigenvalue weighted by atomic mass is 9.74. The maximum Gasteiger partial charge on any atom is 0.325 e. The highest BCUT2D eigenvalue weighted by atomic mass is 32.2. The van der Waals surface area contributed by atoms with Crippen molar-refractivity contribution in [2.75, 3.05) is 0 Å². The van der Waals surface area contributed by atoms with E-state index in [-0.39, 0.29) is 10.8 Å². The Hall–Kier alpha value is -1.41. The Labute approximate surface area is 117 Å². The summed E-state index contributed by atoms with van der Waals surface area (Å²) in [6, 6.07) is 0. The summed E-state index contributed by atoms with van der Waals surface area (Å²) in [7, 11) is -3.91. The molecule has 8 heteroatoms. The van der Waals surface area contributed by atoms with Crippen LogP contribution in [0.15, 0.2) is 11.1 Å². The minimum Gasteiger partial charge on any atom is -0.480 e. The second-order valence-corrected chi connectivity index (χ2v) is 7.04. The molecule has 1 aliphatic rings. The first-order valence-electron chi connectivity index (χ1n) is 6.57. The SMILES string of the molecule is Cc1[nH]ncc1S(=O)(=O)NC1(C(=O)O)CCCCC1C. The number of carboxylic acids is 1. The zero-order valence-electron chi connectivity index (χ0n) is 11.5. The predicted octanol–water partition coefficient (Wildman–Crippen LogP) is 1.03. The number of nitrogens with zero attached hydrogens (tertiary/aromatic N) is 1. The van der Waals surface area contributed by atoms with Crippen LogP contribution in [-0.2, 0) is 14.8 Å². The number of hydrogen-bond donors (Lipinski definition) is 3. The minimum absolute atomic E-state index is 0.00380. The highest BCUT2D eigenvalue weighted by Gasteiger charge is 2.48. The number of carboxylic acid groups (broad SMARTS) is 1. The largest absolute Gasteiger partial charge is 0.480 e. The van der Waals surface area contributed by atoms with E-state index in [1.54, 1.807) is 13.8 Å². The molecule has 3 N–H and O–H groups in total. The van der Waals surface area contributed by atoms with Gasteiger partial charge in [0.15, 0.2) is 0 Å². The van der Waals surface area contributed by atoms with Crippen molar-refractivity contribution in [2.45, 2.75) is 50.0 Å². The molecular formula is C12H19N3O4S. The molecule has 0 amide bonds. The Morgan fingerprint density at radius 3 is 2.75 bits per heavy atom. The Kier molecular flexibility index (Phi) is 3.88. The summed E-state index contributed by atoms with van der Waals surface area (Å²) in [5.41, 5.74) is -1.04. The van der Waals surface area contributed by atoms with Crippen LogP contribution in [0.5, 0.6) is 0 Å². The van der Waals surface area contributed by atoms with Gasteiger partial charge in [0.1, 0.15) is 10.4 Å². The summed E-state index contributed by atoms with van der Waals surface area (Å²) in [4.78, 5) is 11.7. The number of aryl methyl sites for hydroxylation is 1. The van der Waals surface area contributed by atoms with Gasteiger partial charge in [-0.2, -0.15) is 9.82 Å². The van der Waals surface area contributed by atoms with Gasteiger partial charge in [0.05, 0.1) is 11.9 Å². The van der Waals surface area contributed by atoms with E-state index in [0.29, 0.717) is 25.0 Å². The van der Waals surface area contributed by atoms with E-state index in [9.17, 15) is 18.3 Å². The van der Waals surface area contributed by atoms with Crippen LogP contribution in [0.25, 0.3) is 0 Å². The molecule has 1 aromatic heterocycles. The van der Waals surface area contributed by atoms with Gasteiger partial charge in [-0.3, -0.25) is 9.89 Å². The molecule has 2 atom stereocenters. The van der Waals surface area contributed by atoms with Crippen LogP contribution in [0, 0.1) is 12.8 Å². The Morgan fingerprint density at radius 2 is 2.25 bits per heavy atom. The second kappa shape index (κ2) is 5.17. The van der Waals surface area contributed by atoms with Gasteiger partial charge in [0, 0.05) is 0 Å². The third kappa shape index (κ3) is 2.45. The first-order chi connectivity index (χ1) is 9.29. The average Bonchev–Trinajstić information content (AvgIpc) is 2.79. The first kappa shape index (κ1) is 15.0. The van der Waals surface area contributed by atoms with Crippen LogP contribution in [0.2, 0.25) is 0 Å². The number of aromatic nitrogens is 2. The zero-order chi connectivity index (χ0) is 15.0. The van der Waals surface area contributed by atoms with Crippen LogP contribution in [0.4, 0.5) is 0 Å². The standard InChI is InChI=1S/C12H19N3O4S/c1-8-5-3-4-6-12(8,11(16)17)15-20(18,19)10-7-13-14-9(10)2/h7-8,15H,3-6H2,1-2H3,(H,13,14)(H,16,17). The van der Waals surface area contributed by atoms with Gasteiger partial charge in [0.25, 0.3) is 0 Å². The molecule has 2 rings (SSSR count). The minimum atomic E-state index is -3.91. The van der Waals surface area contributed by atoms with Crippen molar-refractivity contribution in [3.8, 4) is 0 Å². The van der Waals surface area contributed by atoms with Crippen molar-refractivity contribution >= 4 is 16.0 Å². The van der Waals surface area contributed by atoms with Crippen LogP contribution in [-0.4, -0.2) is 35.2 Å². The fourth-order valence-electron chi connectivity index (χ4n) is 2.77. The molecule has 7 nitrogen and oxygen atoms in total.